The molecule has 1 aliphatic carbocycles. The zero-order chi connectivity index (χ0) is 21.1. The Morgan fingerprint density at radius 3 is 2.63 bits per heavy atom. The van der Waals surface area contributed by atoms with Crippen LogP contribution in [-0.2, 0) is 17.8 Å². The van der Waals surface area contributed by atoms with Gasteiger partial charge in [-0.05, 0) is 44.2 Å². The first kappa shape index (κ1) is 20.8. The van der Waals surface area contributed by atoms with Crippen LogP contribution in [0.1, 0.15) is 60.4 Å². The molecule has 0 unspecified atom stereocenters. The molecule has 1 N–H and O–H groups in total. The predicted molar refractivity (Wildman–Crippen MR) is 122 cm³/mol. The third-order valence-corrected chi connectivity index (χ3v) is 7.32. The van der Waals surface area contributed by atoms with Crippen molar-refractivity contribution in [2.45, 2.75) is 71.4 Å². The summed E-state index contributed by atoms with van der Waals surface area (Å²) in [6.45, 7) is 4.36. The second-order valence-corrected chi connectivity index (χ2v) is 9.48. The van der Waals surface area contributed by atoms with Crippen LogP contribution in [0.15, 0.2) is 35.1 Å². The summed E-state index contributed by atoms with van der Waals surface area (Å²) in [6, 6.07) is 10.4. The van der Waals surface area contributed by atoms with Crippen LogP contribution < -0.4 is 5.56 Å². The largest absolute Gasteiger partial charge is 0.332 e. The Labute approximate surface area is 181 Å². The highest BCUT2D eigenvalue weighted by molar-refractivity contribution is 7.18. The van der Waals surface area contributed by atoms with E-state index in [0.717, 1.165) is 47.4 Å². The average Bonchev–Trinajstić information content (AvgIpc) is 3.05. The minimum atomic E-state index is -0.0998. The standard InChI is InChI=1S/C24H29N3O2S/c1-16-17(2)30-24-22(16)23(29)25-20(26-24)15-27(19-11-7-4-8-12-19)21(28)14-13-18-9-5-3-6-10-18/h3,5-6,9-10,19H,4,7-8,11-15H2,1-2H3,(H,25,26,29). The number of nitrogens with zero attached hydrogens (tertiary/aromatic N) is 2. The summed E-state index contributed by atoms with van der Waals surface area (Å²) in [4.78, 5) is 37.4. The third kappa shape index (κ3) is 4.48. The van der Waals surface area contributed by atoms with E-state index in [1.807, 2.05) is 36.9 Å². The first-order valence-electron chi connectivity index (χ1n) is 10.8. The molecule has 5 nitrogen and oxygen atoms in total. The maximum atomic E-state index is 13.2. The number of H-pyrrole nitrogens is 1. The lowest BCUT2D eigenvalue weighted by molar-refractivity contribution is -0.135. The van der Waals surface area contributed by atoms with Crippen LogP contribution in [0.5, 0.6) is 0 Å². The second kappa shape index (κ2) is 9.13. The minimum Gasteiger partial charge on any atom is -0.332 e. The van der Waals surface area contributed by atoms with Crippen LogP contribution in [0, 0.1) is 13.8 Å². The first-order valence-corrected chi connectivity index (χ1v) is 11.7. The molecule has 158 valence electrons. The van der Waals surface area contributed by atoms with Crippen molar-refractivity contribution >= 4 is 27.5 Å². The van der Waals surface area contributed by atoms with E-state index in [1.54, 1.807) is 11.3 Å². The van der Waals surface area contributed by atoms with Gasteiger partial charge in [-0.15, -0.1) is 11.3 Å². The Morgan fingerprint density at radius 1 is 1.17 bits per heavy atom. The number of thiophene rings is 1. The van der Waals surface area contributed by atoms with Gasteiger partial charge in [0.1, 0.15) is 10.7 Å². The van der Waals surface area contributed by atoms with Gasteiger partial charge in [-0.3, -0.25) is 9.59 Å². The van der Waals surface area contributed by atoms with Gasteiger partial charge in [0, 0.05) is 17.3 Å². The summed E-state index contributed by atoms with van der Waals surface area (Å²) in [5, 5.41) is 0.681. The normalized spacial score (nSPS) is 14.9. The number of benzene rings is 1. The number of fused-ring (bicyclic) bond motifs is 1. The number of aromatic amines is 1. The fourth-order valence-electron chi connectivity index (χ4n) is 4.39. The number of hydrogen-bond acceptors (Lipinski definition) is 4. The van der Waals surface area contributed by atoms with Crippen molar-refractivity contribution in [2.75, 3.05) is 0 Å². The van der Waals surface area contributed by atoms with Crippen LogP contribution in [0.3, 0.4) is 0 Å². The molecule has 0 radical (unpaired) electrons. The summed E-state index contributed by atoms with van der Waals surface area (Å²) in [6.07, 6.45) is 6.80. The highest BCUT2D eigenvalue weighted by Crippen LogP contribution is 2.27. The molecule has 4 rings (SSSR count). The van der Waals surface area contributed by atoms with Gasteiger partial charge in [-0.25, -0.2) is 4.98 Å². The molecule has 1 aromatic carbocycles. The summed E-state index contributed by atoms with van der Waals surface area (Å²) in [5.41, 5.74) is 2.07. The number of nitrogens with one attached hydrogen (secondary N) is 1. The third-order valence-electron chi connectivity index (χ3n) is 6.21. The van der Waals surface area contributed by atoms with Crippen molar-refractivity contribution in [2.24, 2.45) is 0 Å². The maximum absolute atomic E-state index is 13.2. The van der Waals surface area contributed by atoms with Crippen molar-refractivity contribution in [1.29, 1.82) is 0 Å². The number of amides is 1. The van der Waals surface area contributed by atoms with E-state index in [1.165, 1.54) is 12.0 Å². The number of rotatable bonds is 6. The lowest BCUT2D eigenvalue weighted by Crippen LogP contribution is -2.41. The zero-order valence-corrected chi connectivity index (χ0v) is 18.6. The molecule has 1 fully saturated rings. The van der Waals surface area contributed by atoms with Gasteiger partial charge in [0.2, 0.25) is 5.91 Å². The van der Waals surface area contributed by atoms with Gasteiger partial charge in [0.15, 0.2) is 0 Å². The van der Waals surface area contributed by atoms with E-state index in [2.05, 4.69) is 17.1 Å². The molecule has 3 aromatic rings. The number of aryl methyl sites for hydroxylation is 3. The van der Waals surface area contributed by atoms with Gasteiger partial charge < -0.3 is 9.88 Å². The Kier molecular flexibility index (Phi) is 6.32. The van der Waals surface area contributed by atoms with Gasteiger partial charge in [0.05, 0.1) is 11.9 Å². The number of carbonyl (C=O) groups is 1. The molecule has 2 heterocycles. The van der Waals surface area contributed by atoms with Crippen LogP contribution in [0.2, 0.25) is 0 Å². The van der Waals surface area contributed by atoms with E-state index < -0.39 is 0 Å². The molecule has 0 spiro atoms. The van der Waals surface area contributed by atoms with Crippen LogP contribution >= 0.6 is 11.3 Å². The molecular formula is C24H29N3O2S. The molecule has 6 heteroatoms. The van der Waals surface area contributed by atoms with E-state index >= 15 is 0 Å². The van der Waals surface area contributed by atoms with E-state index in [9.17, 15) is 9.59 Å². The molecule has 0 aliphatic heterocycles. The van der Waals surface area contributed by atoms with Gasteiger partial charge in [-0.1, -0.05) is 49.6 Å². The maximum Gasteiger partial charge on any atom is 0.259 e. The monoisotopic (exact) mass is 423 g/mol. The number of carbonyl (C=O) groups excluding carboxylic acids is 1. The Bertz CT molecular complexity index is 1080. The van der Waals surface area contributed by atoms with Crippen molar-refractivity contribution in [3.8, 4) is 0 Å². The Balaban J connectivity index is 1.57. The molecule has 0 saturated heterocycles. The lowest BCUT2D eigenvalue weighted by atomic mass is 9.93. The molecule has 1 amide bonds. The van der Waals surface area contributed by atoms with Crippen molar-refractivity contribution in [1.82, 2.24) is 14.9 Å². The topological polar surface area (TPSA) is 66.1 Å². The van der Waals surface area contributed by atoms with Gasteiger partial charge in [-0.2, -0.15) is 0 Å². The highest BCUT2D eigenvalue weighted by atomic mass is 32.1. The highest BCUT2D eigenvalue weighted by Gasteiger charge is 2.26. The average molecular weight is 424 g/mol. The summed E-state index contributed by atoms with van der Waals surface area (Å²) in [7, 11) is 0. The number of aromatic nitrogens is 2. The molecule has 0 atom stereocenters. The molecule has 1 saturated carbocycles. The van der Waals surface area contributed by atoms with Crippen LogP contribution in [0.25, 0.3) is 10.2 Å². The molecule has 0 bridgehead atoms. The predicted octanol–water partition coefficient (Wildman–Crippen LogP) is 4.90. The minimum absolute atomic E-state index is 0.0998. The van der Waals surface area contributed by atoms with Crippen molar-refractivity contribution in [3.63, 3.8) is 0 Å². The molecular weight excluding hydrogens is 394 g/mol. The van der Waals surface area contributed by atoms with Gasteiger partial charge >= 0.3 is 0 Å². The summed E-state index contributed by atoms with van der Waals surface area (Å²) >= 11 is 1.55. The molecule has 1 aliphatic rings. The van der Waals surface area contributed by atoms with E-state index in [0.29, 0.717) is 24.2 Å². The molecule has 2 aromatic heterocycles. The second-order valence-electron chi connectivity index (χ2n) is 8.28. The van der Waals surface area contributed by atoms with Crippen molar-refractivity contribution in [3.05, 3.63) is 62.5 Å². The number of hydrogen-bond donors (Lipinski definition) is 1. The van der Waals surface area contributed by atoms with Crippen molar-refractivity contribution < 1.29 is 4.79 Å². The van der Waals surface area contributed by atoms with E-state index in [-0.39, 0.29) is 17.5 Å². The first-order chi connectivity index (χ1) is 14.5. The quantitative estimate of drug-likeness (QED) is 0.613. The smallest absolute Gasteiger partial charge is 0.259 e. The Morgan fingerprint density at radius 2 is 1.90 bits per heavy atom. The summed E-state index contributed by atoms with van der Waals surface area (Å²) < 4.78 is 0. The zero-order valence-electron chi connectivity index (χ0n) is 17.7. The molecule has 30 heavy (non-hydrogen) atoms. The fraction of sp³-hybridized carbons (Fsp3) is 0.458. The van der Waals surface area contributed by atoms with E-state index in [4.69, 9.17) is 4.98 Å². The van der Waals surface area contributed by atoms with Gasteiger partial charge in [0.25, 0.3) is 5.56 Å². The fourth-order valence-corrected chi connectivity index (χ4v) is 5.44. The van der Waals surface area contributed by atoms with Crippen LogP contribution in [-0.4, -0.2) is 26.8 Å². The van der Waals surface area contributed by atoms with Crippen LogP contribution in [0.4, 0.5) is 0 Å². The Hall–Kier alpha value is -2.47. The summed E-state index contributed by atoms with van der Waals surface area (Å²) in [5.74, 6) is 0.736. The lowest BCUT2D eigenvalue weighted by Gasteiger charge is -2.34. The SMILES string of the molecule is Cc1sc2nc(CN(C(=O)CCc3ccccc3)C3CCCCC3)[nH]c(=O)c2c1C.